The molecule has 0 unspecified atom stereocenters. The lowest BCUT2D eigenvalue weighted by Gasteiger charge is -2.05. The van der Waals surface area contributed by atoms with Gasteiger partial charge >= 0.3 is 0 Å². The maximum Gasteiger partial charge on any atom is 0.219 e. The second-order valence-electron chi connectivity index (χ2n) is 7.62. The summed E-state index contributed by atoms with van der Waals surface area (Å²) < 4.78 is 0. The van der Waals surface area contributed by atoms with Gasteiger partial charge in [0.2, 0.25) is 11.8 Å². The highest BCUT2D eigenvalue weighted by Crippen LogP contribution is 2.12. The number of unbranched alkanes of at least 4 members (excludes halogenated alkanes) is 14. The summed E-state index contributed by atoms with van der Waals surface area (Å²) in [6.45, 7) is 3.01. The molecule has 26 heavy (non-hydrogen) atoms. The third-order valence-electron chi connectivity index (χ3n) is 4.93. The molecule has 0 aliphatic carbocycles. The van der Waals surface area contributed by atoms with Gasteiger partial charge in [-0.15, -0.1) is 0 Å². The lowest BCUT2D eigenvalue weighted by molar-refractivity contribution is -0.121. The van der Waals surface area contributed by atoms with E-state index < -0.39 is 0 Å². The third kappa shape index (κ3) is 21.0. The first kappa shape index (κ1) is 24.9. The Balaban J connectivity index is 3.09. The van der Waals surface area contributed by atoms with Crippen LogP contribution in [0.15, 0.2) is 0 Å². The van der Waals surface area contributed by atoms with Crippen molar-refractivity contribution in [1.82, 2.24) is 5.32 Å². The maximum absolute atomic E-state index is 11.5. The van der Waals surface area contributed by atoms with Gasteiger partial charge in [-0.05, 0) is 19.3 Å². The molecule has 0 radical (unpaired) electrons. The fourth-order valence-electron chi connectivity index (χ4n) is 3.22. The third-order valence-corrected chi connectivity index (χ3v) is 4.93. The van der Waals surface area contributed by atoms with Gasteiger partial charge in [-0.25, -0.2) is 0 Å². The van der Waals surface area contributed by atoms with Crippen molar-refractivity contribution >= 4 is 11.8 Å². The molecule has 0 spiro atoms. The van der Waals surface area contributed by atoms with Gasteiger partial charge in [0, 0.05) is 19.4 Å². The highest BCUT2D eigenvalue weighted by molar-refractivity contribution is 5.75. The van der Waals surface area contributed by atoms with Gasteiger partial charge < -0.3 is 11.1 Å². The Morgan fingerprint density at radius 3 is 1.50 bits per heavy atom. The summed E-state index contributed by atoms with van der Waals surface area (Å²) in [5.74, 6) is 0.0588. The molecule has 3 N–H and O–H groups in total. The smallest absolute Gasteiger partial charge is 0.219 e. The lowest BCUT2D eigenvalue weighted by Crippen LogP contribution is -2.23. The van der Waals surface area contributed by atoms with Crippen molar-refractivity contribution in [1.29, 1.82) is 0 Å². The summed E-state index contributed by atoms with van der Waals surface area (Å²) in [7, 11) is 0. The van der Waals surface area contributed by atoms with Crippen LogP contribution in [0.5, 0.6) is 0 Å². The molecule has 0 heterocycles. The van der Waals surface area contributed by atoms with Gasteiger partial charge in [-0.2, -0.15) is 0 Å². The molecule has 0 aromatic carbocycles. The van der Waals surface area contributed by atoms with E-state index in [0.29, 0.717) is 12.8 Å². The average molecular weight is 369 g/mol. The number of nitrogens with two attached hydrogens (primary N) is 1. The Morgan fingerprint density at radius 2 is 1.04 bits per heavy atom. The Labute approximate surface area is 162 Å². The van der Waals surface area contributed by atoms with Crippen molar-refractivity contribution < 1.29 is 9.59 Å². The van der Waals surface area contributed by atoms with Gasteiger partial charge in [0.25, 0.3) is 0 Å². The molecular weight excluding hydrogens is 324 g/mol. The van der Waals surface area contributed by atoms with Crippen LogP contribution in [-0.4, -0.2) is 18.4 Å². The van der Waals surface area contributed by atoms with Gasteiger partial charge in [-0.3, -0.25) is 9.59 Å². The molecule has 2 amide bonds. The predicted molar refractivity (Wildman–Crippen MR) is 111 cm³/mol. The van der Waals surface area contributed by atoms with Crippen LogP contribution in [0.25, 0.3) is 0 Å². The molecule has 0 aromatic rings. The normalized spacial score (nSPS) is 10.8. The fraction of sp³-hybridized carbons (Fsp3) is 0.909. The Hall–Kier alpha value is -1.06. The quantitative estimate of drug-likeness (QED) is 0.273. The molecule has 4 heteroatoms. The van der Waals surface area contributed by atoms with Crippen molar-refractivity contribution in [2.75, 3.05) is 6.54 Å². The molecule has 0 bridgehead atoms. The summed E-state index contributed by atoms with van der Waals surface area (Å²) in [4.78, 5) is 22.2. The molecule has 0 rings (SSSR count). The Kier molecular flexibility index (Phi) is 19.4. The first-order valence-corrected chi connectivity index (χ1v) is 11.2. The SMILES string of the molecule is CCCCCC(=O)NCCCCCCCCCCCCCCCC(N)=O. The first-order chi connectivity index (χ1) is 12.7. The van der Waals surface area contributed by atoms with E-state index in [1.165, 1.54) is 70.6 Å². The van der Waals surface area contributed by atoms with E-state index >= 15 is 0 Å². The van der Waals surface area contributed by atoms with Gasteiger partial charge in [0.1, 0.15) is 0 Å². The van der Waals surface area contributed by atoms with E-state index in [9.17, 15) is 9.59 Å². The largest absolute Gasteiger partial charge is 0.370 e. The van der Waals surface area contributed by atoms with Crippen molar-refractivity contribution in [3.63, 3.8) is 0 Å². The van der Waals surface area contributed by atoms with Crippen LogP contribution in [0.2, 0.25) is 0 Å². The maximum atomic E-state index is 11.5. The summed E-state index contributed by atoms with van der Waals surface area (Å²) >= 11 is 0. The lowest BCUT2D eigenvalue weighted by atomic mass is 10.0. The van der Waals surface area contributed by atoms with Crippen LogP contribution in [0, 0.1) is 0 Å². The number of carbonyl (C=O) groups excluding carboxylic acids is 2. The van der Waals surface area contributed by atoms with Gasteiger partial charge in [-0.1, -0.05) is 90.4 Å². The second kappa shape index (κ2) is 20.3. The summed E-state index contributed by atoms with van der Waals surface area (Å²) in [5.41, 5.74) is 5.12. The first-order valence-electron chi connectivity index (χ1n) is 11.2. The monoisotopic (exact) mass is 368 g/mol. The van der Waals surface area contributed by atoms with E-state index in [0.717, 1.165) is 38.6 Å². The van der Waals surface area contributed by atoms with Crippen LogP contribution in [0.1, 0.15) is 122 Å². The molecule has 0 aliphatic heterocycles. The zero-order valence-corrected chi connectivity index (χ0v) is 17.3. The second-order valence-corrected chi connectivity index (χ2v) is 7.62. The predicted octanol–water partition coefficient (Wildman–Crippen LogP) is 5.63. The molecule has 0 saturated heterocycles. The van der Waals surface area contributed by atoms with Crippen LogP contribution in [0.3, 0.4) is 0 Å². The summed E-state index contributed by atoms with van der Waals surface area (Å²) in [6, 6.07) is 0. The molecule has 0 aliphatic rings. The number of rotatable bonds is 20. The van der Waals surface area contributed by atoms with E-state index in [-0.39, 0.29) is 11.8 Å². The number of carbonyl (C=O) groups is 2. The molecule has 0 aromatic heterocycles. The standard InChI is InChI=1S/C22H44N2O2/c1-2-3-15-19-22(26)24-20-17-14-12-10-8-6-4-5-7-9-11-13-16-18-21(23)25/h2-20H2,1H3,(H2,23,25)(H,24,26). The molecule has 0 saturated carbocycles. The van der Waals surface area contributed by atoms with Crippen molar-refractivity contribution in [3.05, 3.63) is 0 Å². The van der Waals surface area contributed by atoms with Crippen LogP contribution < -0.4 is 11.1 Å². The number of nitrogens with one attached hydrogen (secondary N) is 1. The minimum atomic E-state index is -0.169. The number of hydrogen-bond donors (Lipinski definition) is 2. The molecular formula is C22H44N2O2. The van der Waals surface area contributed by atoms with E-state index in [4.69, 9.17) is 5.73 Å². The summed E-state index contributed by atoms with van der Waals surface area (Å²) in [6.07, 6.45) is 21.0. The van der Waals surface area contributed by atoms with Crippen molar-refractivity contribution in [3.8, 4) is 0 Å². The molecule has 0 atom stereocenters. The number of amides is 2. The average Bonchev–Trinajstić information content (AvgIpc) is 2.61. The highest BCUT2D eigenvalue weighted by Gasteiger charge is 1.99. The van der Waals surface area contributed by atoms with Crippen LogP contribution >= 0.6 is 0 Å². The van der Waals surface area contributed by atoms with Gasteiger partial charge in [0.15, 0.2) is 0 Å². The topological polar surface area (TPSA) is 72.2 Å². The summed E-state index contributed by atoms with van der Waals surface area (Å²) in [5, 5.41) is 3.03. The van der Waals surface area contributed by atoms with E-state index in [1.807, 2.05) is 0 Å². The molecule has 154 valence electrons. The minimum Gasteiger partial charge on any atom is -0.370 e. The Morgan fingerprint density at radius 1 is 0.615 bits per heavy atom. The van der Waals surface area contributed by atoms with E-state index in [2.05, 4.69) is 12.2 Å². The van der Waals surface area contributed by atoms with Gasteiger partial charge in [0.05, 0.1) is 0 Å². The van der Waals surface area contributed by atoms with Crippen LogP contribution in [-0.2, 0) is 9.59 Å². The fourth-order valence-corrected chi connectivity index (χ4v) is 3.22. The molecule has 4 nitrogen and oxygen atoms in total. The zero-order chi connectivity index (χ0) is 19.3. The minimum absolute atomic E-state index is 0.169. The van der Waals surface area contributed by atoms with Crippen molar-refractivity contribution in [2.24, 2.45) is 5.73 Å². The number of hydrogen-bond acceptors (Lipinski definition) is 2. The van der Waals surface area contributed by atoms with Crippen LogP contribution in [0.4, 0.5) is 0 Å². The number of primary amides is 1. The highest BCUT2D eigenvalue weighted by atomic mass is 16.1. The van der Waals surface area contributed by atoms with E-state index in [1.54, 1.807) is 0 Å². The van der Waals surface area contributed by atoms with Crippen molar-refractivity contribution in [2.45, 2.75) is 122 Å². The Bertz CT molecular complexity index is 332. The zero-order valence-electron chi connectivity index (χ0n) is 17.3. The molecule has 0 fully saturated rings.